The fraction of sp³-hybridized carbons (Fsp3) is 0.211. The fourth-order valence-electron chi connectivity index (χ4n) is 2.59. The van der Waals surface area contributed by atoms with Crippen molar-refractivity contribution in [3.63, 3.8) is 0 Å². The third-order valence-electron chi connectivity index (χ3n) is 4.12. The van der Waals surface area contributed by atoms with Crippen molar-refractivity contribution >= 4 is 28.6 Å². The van der Waals surface area contributed by atoms with Crippen molar-refractivity contribution in [3.8, 4) is 5.75 Å². The molecule has 0 spiro atoms. The maximum Gasteiger partial charge on any atom is 0.262 e. The summed E-state index contributed by atoms with van der Waals surface area (Å²) in [4.78, 5) is 27.6. The number of nitrogens with two attached hydrogens (primary N) is 1. The van der Waals surface area contributed by atoms with Gasteiger partial charge in [0.05, 0.1) is 0 Å². The largest absolute Gasteiger partial charge is 0.484 e. The number of hydrogen-bond donors (Lipinski definition) is 2. The summed E-state index contributed by atoms with van der Waals surface area (Å²) in [6.45, 7) is -0.153. The lowest BCUT2D eigenvalue weighted by atomic mass is 10.2. The third-order valence-corrected chi connectivity index (χ3v) is 4.12. The number of anilines is 1. The molecular weight excluding hydrogens is 334 g/mol. The van der Waals surface area contributed by atoms with Gasteiger partial charge in [-0.1, -0.05) is 0 Å². The van der Waals surface area contributed by atoms with Gasteiger partial charge in [-0.15, -0.1) is 0 Å². The quantitative estimate of drug-likeness (QED) is 0.710. The number of fused-ring (bicyclic) bond motifs is 1. The first-order valence-electron chi connectivity index (χ1n) is 8.31. The molecule has 132 valence electrons. The summed E-state index contributed by atoms with van der Waals surface area (Å²) >= 11 is 0. The Labute approximate surface area is 149 Å². The van der Waals surface area contributed by atoms with Gasteiger partial charge in [0.2, 0.25) is 5.91 Å². The molecule has 26 heavy (non-hydrogen) atoms. The van der Waals surface area contributed by atoms with E-state index in [1.54, 1.807) is 42.5 Å². The second-order valence-corrected chi connectivity index (χ2v) is 6.23. The van der Waals surface area contributed by atoms with Gasteiger partial charge in [-0.25, -0.2) is 4.98 Å². The van der Waals surface area contributed by atoms with Gasteiger partial charge in [-0.05, 0) is 55.3 Å². The number of oxazole rings is 1. The highest BCUT2D eigenvalue weighted by atomic mass is 16.5. The van der Waals surface area contributed by atoms with E-state index in [2.05, 4.69) is 10.3 Å². The van der Waals surface area contributed by atoms with Crippen LogP contribution in [0.25, 0.3) is 11.1 Å². The first-order chi connectivity index (χ1) is 12.6. The SMILES string of the molecule is NC(=O)c1ccc(OCC(=O)Nc2ccc3oc(C4CC4)nc3c2)cc1. The number of hydrogen-bond acceptors (Lipinski definition) is 5. The molecule has 3 aromatic rings. The summed E-state index contributed by atoms with van der Waals surface area (Å²) in [7, 11) is 0. The van der Waals surface area contributed by atoms with Crippen LogP contribution >= 0.6 is 0 Å². The second-order valence-electron chi connectivity index (χ2n) is 6.23. The minimum absolute atomic E-state index is 0.153. The summed E-state index contributed by atoms with van der Waals surface area (Å²) in [6.07, 6.45) is 2.24. The Morgan fingerprint density at radius 1 is 1.19 bits per heavy atom. The first-order valence-corrected chi connectivity index (χ1v) is 8.31. The maximum absolute atomic E-state index is 12.1. The number of rotatable bonds is 6. The molecule has 0 aliphatic heterocycles. The van der Waals surface area contributed by atoms with Crippen molar-refractivity contribution in [2.75, 3.05) is 11.9 Å². The Kier molecular flexibility index (Phi) is 4.04. The predicted molar refractivity (Wildman–Crippen MR) is 95.1 cm³/mol. The third kappa shape index (κ3) is 3.51. The second kappa shape index (κ2) is 6.51. The van der Waals surface area contributed by atoms with Crippen LogP contribution in [0.3, 0.4) is 0 Å². The number of primary amides is 1. The Hall–Kier alpha value is -3.35. The van der Waals surface area contributed by atoms with Gasteiger partial charge in [0.1, 0.15) is 11.3 Å². The van der Waals surface area contributed by atoms with E-state index in [1.807, 2.05) is 0 Å². The maximum atomic E-state index is 12.1. The van der Waals surface area contributed by atoms with E-state index in [9.17, 15) is 9.59 Å². The van der Waals surface area contributed by atoms with Crippen LogP contribution in [0, 0.1) is 0 Å². The molecule has 7 nitrogen and oxygen atoms in total. The van der Waals surface area contributed by atoms with Crippen molar-refractivity contribution < 1.29 is 18.7 Å². The van der Waals surface area contributed by atoms with Crippen molar-refractivity contribution in [2.24, 2.45) is 5.73 Å². The summed E-state index contributed by atoms with van der Waals surface area (Å²) < 4.78 is 11.1. The molecule has 1 aliphatic carbocycles. The average Bonchev–Trinajstić information content (AvgIpc) is 3.40. The van der Waals surface area contributed by atoms with E-state index < -0.39 is 5.91 Å². The summed E-state index contributed by atoms with van der Waals surface area (Å²) in [5.41, 5.74) is 7.64. The van der Waals surface area contributed by atoms with Crippen LogP contribution < -0.4 is 15.8 Å². The number of nitrogens with one attached hydrogen (secondary N) is 1. The lowest BCUT2D eigenvalue weighted by molar-refractivity contribution is -0.118. The molecule has 7 heteroatoms. The van der Waals surface area contributed by atoms with E-state index >= 15 is 0 Å². The topological polar surface area (TPSA) is 107 Å². The van der Waals surface area contributed by atoms with Gasteiger partial charge in [0.15, 0.2) is 18.1 Å². The van der Waals surface area contributed by atoms with Crippen LogP contribution in [0.5, 0.6) is 5.75 Å². The van der Waals surface area contributed by atoms with Crippen molar-refractivity contribution in [2.45, 2.75) is 18.8 Å². The van der Waals surface area contributed by atoms with Crippen LogP contribution in [0.4, 0.5) is 5.69 Å². The zero-order valence-electron chi connectivity index (χ0n) is 13.9. The number of ether oxygens (including phenoxy) is 1. The molecule has 0 unspecified atom stereocenters. The zero-order chi connectivity index (χ0) is 18.1. The van der Waals surface area contributed by atoms with E-state index in [0.717, 1.165) is 29.8 Å². The highest BCUT2D eigenvalue weighted by Crippen LogP contribution is 2.40. The standard InChI is InChI=1S/C19H17N3O4/c20-18(24)11-3-6-14(7-4-11)25-10-17(23)21-13-5-8-16-15(9-13)22-19(26-16)12-1-2-12/h3-9,12H,1-2,10H2,(H2,20,24)(H,21,23). The molecule has 0 atom stereocenters. The normalized spacial score (nSPS) is 13.5. The van der Waals surface area contributed by atoms with Crippen LogP contribution in [0.1, 0.15) is 35.0 Å². The molecule has 2 aromatic carbocycles. The Balaban J connectivity index is 1.36. The molecular formula is C19H17N3O4. The predicted octanol–water partition coefficient (Wildman–Crippen LogP) is 2.82. The molecule has 1 heterocycles. The van der Waals surface area contributed by atoms with Gasteiger partial charge in [-0.3, -0.25) is 9.59 Å². The fourth-order valence-corrected chi connectivity index (χ4v) is 2.59. The summed E-state index contributed by atoms with van der Waals surface area (Å²) in [5.74, 6) is 0.879. The number of carbonyl (C=O) groups is 2. The van der Waals surface area contributed by atoms with Gasteiger partial charge < -0.3 is 20.2 Å². The average molecular weight is 351 g/mol. The highest BCUT2D eigenvalue weighted by molar-refractivity contribution is 5.94. The smallest absolute Gasteiger partial charge is 0.262 e. The molecule has 1 fully saturated rings. The number of carbonyl (C=O) groups excluding carboxylic acids is 2. The molecule has 1 saturated carbocycles. The molecule has 3 N–H and O–H groups in total. The van der Waals surface area contributed by atoms with Crippen LogP contribution in [0.2, 0.25) is 0 Å². The Morgan fingerprint density at radius 3 is 2.65 bits per heavy atom. The monoisotopic (exact) mass is 351 g/mol. The number of amides is 2. The van der Waals surface area contributed by atoms with E-state index in [-0.39, 0.29) is 12.5 Å². The van der Waals surface area contributed by atoms with Gasteiger partial charge in [0.25, 0.3) is 5.91 Å². The minimum Gasteiger partial charge on any atom is -0.484 e. The summed E-state index contributed by atoms with van der Waals surface area (Å²) in [5, 5.41) is 2.77. The van der Waals surface area contributed by atoms with Gasteiger partial charge in [0, 0.05) is 17.2 Å². The van der Waals surface area contributed by atoms with Crippen molar-refractivity contribution in [3.05, 3.63) is 53.9 Å². The van der Waals surface area contributed by atoms with Gasteiger partial charge >= 0.3 is 0 Å². The Morgan fingerprint density at radius 2 is 1.96 bits per heavy atom. The Bertz CT molecular complexity index is 974. The zero-order valence-corrected chi connectivity index (χ0v) is 13.9. The summed E-state index contributed by atoms with van der Waals surface area (Å²) in [6, 6.07) is 11.6. The van der Waals surface area contributed by atoms with E-state index in [0.29, 0.717) is 22.9 Å². The molecule has 0 radical (unpaired) electrons. The lowest BCUT2D eigenvalue weighted by Crippen LogP contribution is -2.20. The molecule has 0 bridgehead atoms. The highest BCUT2D eigenvalue weighted by Gasteiger charge is 2.28. The van der Waals surface area contributed by atoms with Crippen molar-refractivity contribution in [1.29, 1.82) is 0 Å². The first kappa shape index (κ1) is 16.1. The molecule has 1 aliphatic rings. The molecule has 0 saturated heterocycles. The lowest BCUT2D eigenvalue weighted by Gasteiger charge is -2.07. The van der Waals surface area contributed by atoms with Crippen LogP contribution in [-0.2, 0) is 4.79 Å². The molecule has 2 amide bonds. The minimum atomic E-state index is -0.512. The number of benzene rings is 2. The number of nitrogens with zero attached hydrogens (tertiary/aromatic N) is 1. The van der Waals surface area contributed by atoms with Crippen LogP contribution in [-0.4, -0.2) is 23.4 Å². The molecule has 1 aromatic heterocycles. The van der Waals surface area contributed by atoms with E-state index in [4.69, 9.17) is 14.9 Å². The van der Waals surface area contributed by atoms with Crippen molar-refractivity contribution in [1.82, 2.24) is 4.98 Å². The van der Waals surface area contributed by atoms with Gasteiger partial charge in [-0.2, -0.15) is 0 Å². The number of aromatic nitrogens is 1. The molecule has 4 rings (SSSR count). The van der Waals surface area contributed by atoms with E-state index in [1.165, 1.54) is 0 Å². The van der Waals surface area contributed by atoms with Crippen LogP contribution in [0.15, 0.2) is 46.9 Å².